The zero-order valence-corrected chi connectivity index (χ0v) is 8.52. The van der Waals surface area contributed by atoms with Crippen molar-refractivity contribution in [1.29, 1.82) is 0 Å². The van der Waals surface area contributed by atoms with Gasteiger partial charge in [0.2, 0.25) is 0 Å². The van der Waals surface area contributed by atoms with E-state index in [1.54, 1.807) is 0 Å². The summed E-state index contributed by atoms with van der Waals surface area (Å²) in [6.45, 7) is 0. The van der Waals surface area contributed by atoms with Crippen LogP contribution in [0.2, 0.25) is 0 Å². The molecule has 1 unspecified atom stereocenters. The second-order valence-electron chi connectivity index (χ2n) is 3.58. The monoisotopic (exact) mass is 193 g/mol. The van der Waals surface area contributed by atoms with Crippen LogP contribution in [-0.4, -0.2) is 11.5 Å². The maximum Gasteiger partial charge on any atom is 0.0314 e. The molecule has 0 aliphatic carbocycles. The van der Waals surface area contributed by atoms with E-state index >= 15 is 0 Å². The lowest BCUT2D eigenvalue weighted by Crippen LogP contribution is -2.08. The highest BCUT2D eigenvalue weighted by atomic mass is 32.2. The molecule has 0 saturated carbocycles. The van der Waals surface area contributed by atoms with Crippen LogP contribution >= 0.6 is 11.8 Å². The molecule has 0 radical (unpaired) electrons. The van der Waals surface area contributed by atoms with E-state index in [1.807, 2.05) is 12.1 Å². The van der Waals surface area contributed by atoms with E-state index in [-0.39, 0.29) is 0 Å². The standard InChI is InChI=1S/C11H15NS/c12-11-5-3-9(4-6-11)10-2-1-7-13-8-10/h3-6,10H,1-2,7-8,12H2. The van der Waals surface area contributed by atoms with E-state index in [9.17, 15) is 0 Å². The first-order chi connectivity index (χ1) is 6.36. The maximum absolute atomic E-state index is 5.65. The first-order valence-corrected chi connectivity index (χ1v) is 5.95. The van der Waals surface area contributed by atoms with Crippen LogP contribution in [-0.2, 0) is 0 Å². The maximum atomic E-state index is 5.65. The molecule has 2 heteroatoms. The van der Waals surface area contributed by atoms with Gasteiger partial charge in [0.25, 0.3) is 0 Å². The largest absolute Gasteiger partial charge is 0.399 e. The fourth-order valence-electron chi connectivity index (χ4n) is 1.77. The lowest BCUT2D eigenvalue weighted by molar-refractivity contribution is 0.660. The van der Waals surface area contributed by atoms with Crippen LogP contribution in [0.5, 0.6) is 0 Å². The van der Waals surface area contributed by atoms with Crippen LogP contribution < -0.4 is 5.73 Å². The van der Waals surface area contributed by atoms with E-state index in [2.05, 4.69) is 23.9 Å². The number of hydrogen-bond donors (Lipinski definition) is 1. The summed E-state index contributed by atoms with van der Waals surface area (Å²) in [7, 11) is 0. The Bertz CT molecular complexity index is 262. The molecule has 13 heavy (non-hydrogen) atoms. The third kappa shape index (κ3) is 2.19. The average Bonchev–Trinajstić information content (AvgIpc) is 2.20. The summed E-state index contributed by atoms with van der Waals surface area (Å²) >= 11 is 2.07. The number of benzene rings is 1. The molecule has 2 rings (SSSR count). The first-order valence-electron chi connectivity index (χ1n) is 4.79. The van der Waals surface area contributed by atoms with E-state index in [0.29, 0.717) is 0 Å². The van der Waals surface area contributed by atoms with Crippen molar-refractivity contribution in [2.45, 2.75) is 18.8 Å². The minimum absolute atomic E-state index is 0.763. The molecule has 1 saturated heterocycles. The number of thioether (sulfide) groups is 1. The van der Waals surface area contributed by atoms with Gasteiger partial charge in [-0.25, -0.2) is 0 Å². The molecule has 1 aliphatic rings. The molecule has 0 spiro atoms. The highest BCUT2D eigenvalue weighted by Crippen LogP contribution is 2.31. The quantitative estimate of drug-likeness (QED) is 0.694. The molecule has 1 aromatic carbocycles. The Morgan fingerprint density at radius 3 is 2.62 bits per heavy atom. The number of nitrogens with two attached hydrogens (primary N) is 1. The molecule has 2 N–H and O–H groups in total. The van der Waals surface area contributed by atoms with E-state index in [1.165, 1.54) is 29.9 Å². The second kappa shape index (κ2) is 4.05. The summed E-state index contributed by atoms with van der Waals surface area (Å²) in [6, 6.07) is 8.36. The van der Waals surface area contributed by atoms with Crippen molar-refractivity contribution in [3.8, 4) is 0 Å². The highest BCUT2D eigenvalue weighted by molar-refractivity contribution is 7.99. The van der Waals surface area contributed by atoms with Crippen molar-refractivity contribution in [2.24, 2.45) is 0 Å². The van der Waals surface area contributed by atoms with Gasteiger partial charge in [-0.15, -0.1) is 0 Å². The van der Waals surface area contributed by atoms with E-state index in [4.69, 9.17) is 5.73 Å². The van der Waals surface area contributed by atoms with Gasteiger partial charge in [-0.05, 0) is 42.2 Å². The predicted molar refractivity (Wildman–Crippen MR) is 60.2 cm³/mol. The second-order valence-corrected chi connectivity index (χ2v) is 4.73. The average molecular weight is 193 g/mol. The van der Waals surface area contributed by atoms with Crippen LogP contribution in [0.4, 0.5) is 5.69 Å². The Labute approximate surface area is 83.7 Å². The van der Waals surface area contributed by atoms with Gasteiger partial charge in [-0.2, -0.15) is 11.8 Å². The summed E-state index contributed by atoms with van der Waals surface area (Å²) in [4.78, 5) is 0. The Morgan fingerprint density at radius 2 is 2.00 bits per heavy atom. The van der Waals surface area contributed by atoms with Gasteiger partial charge >= 0.3 is 0 Å². The lowest BCUT2D eigenvalue weighted by Gasteiger charge is -2.21. The minimum atomic E-state index is 0.763. The van der Waals surface area contributed by atoms with Crippen molar-refractivity contribution in [3.05, 3.63) is 29.8 Å². The van der Waals surface area contributed by atoms with Gasteiger partial charge in [0, 0.05) is 11.4 Å². The Balaban J connectivity index is 2.10. The van der Waals surface area contributed by atoms with Gasteiger partial charge in [-0.3, -0.25) is 0 Å². The molecular weight excluding hydrogens is 178 g/mol. The number of hydrogen-bond acceptors (Lipinski definition) is 2. The fourth-order valence-corrected chi connectivity index (χ4v) is 2.95. The molecule has 0 amide bonds. The van der Waals surface area contributed by atoms with Gasteiger partial charge in [0.05, 0.1) is 0 Å². The number of rotatable bonds is 1. The Morgan fingerprint density at radius 1 is 1.23 bits per heavy atom. The van der Waals surface area contributed by atoms with Crippen LogP contribution in [0.25, 0.3) is 0 Å². The van der Waals surface area contributed by atoms with Crippen LogP contribution in [0.1, 0.15) is 24.3 Å². The molecule has 70 valence electrons. The van der Waals surface area contributed by atoms with Crippen molar-refractivity contribution < 1.29 is 0 Å². The summed E-state index contributed by atoms with van der Waals surface area (Å²) in [5.74, 6) is 3.38. The van der Waals surface area contributed by atoms with Crippen LogP contribution in [0.3, 0.4) is 0 Å². The summed E-state index contributed by atoms with van der Waals surface area (Å²) in [5.41, 5.74) is 7.98. The Hall–Kier alpha value is -0.630. The zero-order valence-electron chi connectivity index (χ0n) is 7.70. The van der Waals surface area contributed by atoms with Crippen molar-refractivity contribution in [3.63, 3.8) is 0 Å². The molecule has 1 heterocycles. The topological polar surface area (TPSA) is 26.0 Å². The summed E-state index contributed by atoms with van der Waals surface area (Å²) in [5, 5.41) is 0. The minimum Gasteiger partial charge on any atom is -0.399 e. The lowest BCUT2D eigenvalue weighted by atomic mass is 9.96. The van der Waals surface area contributed by atoms with E-state index in [0.717, 1.165) is 11.6 Å². The van der Waals surface area contributed by atoms with Gasteiger partial charge in [0.1, 0.15) is 0 Å². The Kier molecular flexibility index (Phi) is 2.79. The predicted octanol–water partition coefficient (Wildman–Crippen LogP) is 2.88. The highest BCUT2D eigenvalue weighted by Gasteiger charge is 2.14. The van der Waals surface area contributed by atoms with Gasteiger partial charge in [-0.1, -0.05) is 12.1 Å². The molecule has 1 aliphatic heterocycles. The molecule has 0 bridgehead atoms. The van der Waals surface area contributed by atoms with Gasteiger partial charge < -0.3 is 5.73 Å². The summed E-state index contributed by atoms with van der Waals surface area (Å²) < 4.78 is 0. The molecular formula is C11H15NS. The third-order valence-electron chi connectivity index (χ3n) is 2.57. The van der Waals surface area contributed by atoms with Crippen molar-refractivity contribution >= 4 is 17.4 Å². The van der Waals surface area contributed by atoms with E-state index < -0.39 is 0 Å². The van der Waals surface area contributed by atoms with Crippen LogP contribution in [0, 0.1) is 0 Å². The van der Waals surface area contributed by atoms with Crippen molar-refractivity contribution in [1.82, 2.24) is 0 Å². The smallest absolute Gasteiger partial charge is 0.0314 e. The molecule has 0 aromatic heterocycles. The summed E-state index contributed by atoms with van der Waals surface area (Å²) in [6.07, 6.45) is 2.70. The number of anilines is 1. The third-order valence-corrected chi connectivity index (χ3v) is 3.78. The first kappa shape index (κ1) is 8.95. The van der Waals surface area contributed by atoms with Crippen molar-refractivity contribution in [2.75, 3.05) is 17.2 Å². The molecule has 1 nitrogen and oxygen atoms in total. The molecule has 1 aromatic rings. The normalized spacial score (nSPS) is 22.9. The molecule has 1 atom stereocenters. The van der Waals surface area contributed by atoms with Crippen LogP contribution in [0.15, 0.2) is 24.3 Å². The van der Waals surface area contributed by atoms with Gasteiger partial charge in [0.15, 0.2) is 0 Å². The number of nitrogen functional groups attached to an aromatic ring is 1. The molecule has 1 fully saturated rings. The fraction of sp³-hybridized carbons (Fsp3) is 0.455. The SMILES string of the molecule is Nc1ccc(C2CCCSC2)cc1. The zero-order chi connectivity index (χ0) is 9.10.